The molecule has 0 unspecified atom stereocenters. The van der Waals surface area contributed by atoms with Gasteiger partial charge in [0, 0.05) is 30.1 Å². The number of carbonyl (C=O) groups is 1. The second-order valence-corrected chi connectivity index (χ2v) is 4.27. The number of benzene rings is 1. The molecule has 2 aromatic rings. The Morgan fingerprint density at radius 1 is 1.20 bits per heavy atom. The number of ether oxygens (including phenoxy) is 1. The molecule has 6 heteroatoms. The smallest absolute Gasteiger partial charge is 0.338 e. The van der Waals surface area contributed by atoms with Crippen molar-refractivity contribution in [2.75, 3.05) is 7.11 Å². The quantitative estimate of drug-likeness (QED) is 0.487. The summed E-state index contributed by atoms with van der Waals surface area (Å²) in [6, 6.07) is 5.99. The van der Waals surface area contributed by atoms with Crippen LogP contribution in [0.25, 0.3) is 11.1 Å². The summed E-state index contributed by atoms with van der Waals surface area (Å²) < 4.78 is 4.61. The fraction of sp³-hybridized carbons (Fsp3) is 0.143. The zero-order valence-electron chi connectivity index (χ0n) is 11.0. The lowest BCUT2D eigenvalue weighted by atomic mass is 10.0. The van der Waals surface area contributed by atoms with Gasteiger partial charge in [0.15, 0.2) is 0 Å². The van der Waals surface area contributed by atoms with Gasteiger partial charge in [0.25, 0.3) is 5.69 Å². The van der Waals surface area contributed by atoms with Gasteiger partial charge in [0.2, 0.25) is 0 Å². The number of rotatable bonds is 3. The molecule has 6 nitrogen and oxygen atoms in total. The average Bonchev–Trinajstić information content (AvgIpc) is 2.45. The summed E-state index contributed by atoms with van der Waals surface area (Å²) in [5.74, 6) is -0.615. The summed E-state index contributed by atoms with van der Waals surface area (Å²) in [4.78, 5) is 26.0. The first-order valence-corrected chi connectivity index (χ1v) is 5.81. The standard InChI is InChI=1S/C14H12N2O4/c1-9-3-12(8-15-7-9)10-4-11(14(17)20-2)6-13(5-10)16(18)19/h3-8H,1-2H3. The number of hydrogen-bond donors (Lipinski definition) is 0. The second kappa shape index (κ2) is 5.48. The van der Waals surface area contributed by atoms with Crippen molar-refractivity contribution in [2.24, 2.45) is 0 Å². The Morgan fingerprint density at radius 3 is 2.55 bits per heavy atom. The van der Waals surface area contributed by atoms with Crippen LogP contribution in [0.5, 0.6) is 0 Å². The largest absolute Gasteiger partial charge is 0.465 e. The Kier molecular flexibility index (Phi) is 3.74. The van der Waals surface area contributed by atoms with E-state index in [0.29, 0.717) is 11.1 Å². The zero-order chi connectivity index (χ0) is 14.7. The van der Waals surface area contributed by atoms with Gasteiger partial charge in [-0.2, -0.15) is 0 Å². The minimum Gasteiger partial charge on any atom is -0.465 e. The third kappa shape index (κ3) is 2.80. The van der Waals surface area contributed by atoms with Crippen LogP contribution in [0.3, 0.4) is 0 Å². The van der Waals surface area contributed by atoms with Gasteiger partial charge in [-0.3, -0.25) is 15.1 Å². The third-order valence-corrected chi connectivity index (χ3v) is 2.76. The van der Waals surface area contributed by atoms with E-state index in [4.69, 9.17) is 0 Å². The van der Waals surface area contributed by atoms with Crippen LogP contribution in [-0.4, -0.2) is 23.0 Å². The van der Waals surface area contributed by atoms with E-state index < -0.39 is 10.9 Å². The second-order valence-electron chi connectivity index (χ2n) is 4.27. The van der Waals surface area contributed by atoms with E-state index in [9.17, 15) is 14.9 Å². The van der Waals surface area contributed by atoms with E-state index in [1.807, 2.05) is 13.0 Å². The summed E-state index contributed by atoms with van der Waals surface area (Å²) in [7, 11) is 1.23. The first kappa shape index (κ1) is 13.7. The molecule has 0 aliphatic heterocycles. The minimum atomic E-state index is -0.615. The lowest BCUT2D eigenvalue weighted by Crippen LogP contribution is -2.02. The Hall–Kier alpha value is -2.76. The molecule has 0 saturated heterocycles. The number of nitro benzene ring substituents is 1. The maximum Gasteiger partial charge on any atom is 0.338 e. The van der Waals surface area contributed by atoms with Crippen molar-refractivity contribution in [1.82, 2.24) is 4.98 Å². The lowest BCUT2D eigenvalue weighted by molar-refractivity contribution is -0.384. The monoisotopic (exact) mass is 272 g/mol. The van der Waals surface area contributed by atoms with Gasteiger partial charge in [-0.1, -0.05) is 0 Å². The van der Waals surface area contributed by atoms with Crippen LogP contribution in [0, 0.1) is 17.0 Å². The van der Waals surface area contributed by atoms with E-state index in [1.165, 1.54) is 19.2 Å². The summed E-state index contributed by atoms with van der Waals surface area (Å²) in [5.41, 5.74) is 2.16. The van der Waals surface area contributed by atoms with Crippen LogP contribution in [0.1, 0.15) is 15.9 Å². The molecule has 1 heterocycles. The van der Waals surface area contributed by atoms with Crippen molar-refractivity contribution >= 4 is 11.7 Å². The Bertz CT molecular complexity index is 683. The molecule has 0 amide bonds. The van der Waals surface area contributed by atoms with Crippen molar-refractivity contribution in [1.29, 1.82) is 0 Å². The topological polar surface area (TPSA) is 82.3 Å². The molecule has 0 N–H and O–H groups in total. The maximum atomic E-state index is 11.6. The number of nitrogens with zero attached hydrogens (tertiary/aromatic N) is 2. The SMILES string of the molecule is COC(=O)c1cc(-c2cncc(C)c2)cc([N+](=O)[O-])c1. The molecule has 1 aromatic heterocycles. The van der Waals surface area contributed by atoms with Crippen LogP contribution in [0.15, 0.2) is 36.7 Å². The van der Waals surface area contributed by atoms with Gasteiger partial charge in [0.1, 0.15) is 0 Å². The van der Waals surface area contributed by atoms with Gasteiger partial charge >= 0.3 is 5.97 Å². The molecule has 0 saturated carbocycles. The molecule has 0 fully saturated rings. The molecule has 0 bridgehead atoms. The molecular weight excluding hydrogens is 260 g/mol. The summed E-state index contributed by atoms with van der Waals surface area (Å²) in [6.45, 7) is 1.87. The number of aryl methyl sites for hydroxylation is 1. The van der Waals surface area contributed by atoms with Crippen LogP contribution < -0.4 is 0 Å². The highest BCUT2D eigenvalue weighted by Gasteiger charge is 2.15. The van der Waals surface area contributed by atoms with Crippen LogP contribution in [0.2, 0.25) is 0 Å². The van der Waals surface area contributed by atoms with Crippen LogP contribution >= 0.6 is 0 Å². The fourth-order valence-corrected chi connectivity index (χ4v) is 1.83. The van der Waals surface area contributed by atoms with E-state index in [1.54, 1.807) is 18.5 Å². The first-order chi connectivity index (χ1) is 9.51. The highest BCUT2D eigenvalue weighted by atomic mass is 16.6. The van der Waals surface area contributed by atoms with E-state index in [2.05, 4.69) is 9.72 Å². The van der Waals surface area contributed by atoms with Gasteiger partial charge in [0.05, 0.1) is 17.6 Å². The number of nitro groups is 1. The van der Waals surface area contributed by atoms with Gasteiger partial charge in [-0.25, -0.2) is 4.79 Å². The number of carbonyl (C=O) groups excluding carboxylic acids is 1. The molecule has 0 atom stereocenters. The van der Waals surface area contributed by atoms with E-state index in [0.717, 1.165) is 5.56 Å². The predicted molar refractivity (Wildman–Crippen MR) is 72.4 cm³/mol. The number of non-ortho nitro benzene ring substituents is 1. The number of aromatic nitrogens is 1. The summed E-state index contributed by atoms with van der Waals surface area (Å²) in [6.07, 6.45) is 3.27. The molecule has 2 rings (SSSR count). The molecule has 20 heavy (non-hydrogen) atoms. The number of esters is 1. The zero-order valence-corrected chi connectivity index (χ0v) is 11.0. The summed E-state index contributed by atoms with van der Waals surface area (Å²) in [5, 5.41) is 11.0. The fourth-order valence-electron chi connectivity index (χ4n) is 1.83. The molecule has 102 valence electrons. The average molecular weight is 272 g/mol. The van der Waals surface area contributed by atoms with Gasteiger partial charge in [-0.15, -0.1) is 0 Å². The summed E-state index contributed by atoms with van der Waals surface area (Å²) >= 11 is 0. The molecule has 0 aliphatic carbocycles. The third-order valence-electron chi connectivity index (χ3n) is 2.76. The molecule has 0 radical (unpaired) electrons. The van der Waals surface area contributed by atoms with Gasteiger partial charge < -0.3 is 4.74 Å². The van der Waals surface area contributed by atoms with Crippen molar-refractivity contribution in [3.05, 3.63) is 57.9 Å². The number of hydrogen-bond acceptors (Lipinski definition) is 5. The van der Waals surface area contributed by atoms with Crippen molar-refractivity contribution in [2.45, 2.75) is 6.92 Å². The Balaban J connectivity index is 2.60. The van der Waals surface area contributed by atoms with E-state index >= 15 is 0 Å². The first-order valence-electron chi connectivity index (χ1n) is 5.81. The van der Waals surface area contributed by atoms with E-state index in [-0.39, 0.29) is 11.3 Å². The van der Waals surface area contributed by atoms with Crippen LogP contribution in [-0.2, 0) is 4.74 Å². The molecular formula is C14H12N2O4. The predicted octanol–water partition coefficient (Wildman–Crippen LogP) is 2.75. The Morgan fingerprint density at radius 2 is 1.95 bits per heavy atom. The number of methoxy groups -OCH3 is 1. The maximum absolute atomic E-state index is 11.6. The van der Waals surface area contributed by atoms with Crippen molar-refractivity contribution in [3.63, 3.8) is 0 Å². The van der Waals surface area contributed by atoms with Gasteiger partial charge in [-0.05, 0) is 30.2 Å². The molecule has 1 aromatic carbocycles. The van der Waals surface area contributed by atoms with Crippen molar-refractivity contribution in [3.8, 4) is 11.1 Å². The number of pyridine rings is 1. The molecule has 0 aliphatic rings. The molecule has 0 spiro atoms. The van der Waals surface area contributed by atoms with Crippen molar-refractivity contribution < 1.29 is 14.5 Å². The lowest BCUT2D eigenvalue weighted by Gasteiger charge is -2.05. The van der Waals surface area contributed by atoms with Crippen LogP contribution in [0.4, 0.5) is 5.69 Å². The Labute approximate surface area is 115 Å². The minimum absolute atomic E-state index is 0.137. The normalized spacial score (nSPS) is 10.1. The highest BCUT2D eigenvalue weighted by Crippen LogP contribution is 2.26. The highest BCUT2D eigenvalue weighted by molar-refractivity contribution is 5.92.